The van der Waals surface area contributed by atoms with Crippen LogP contribution < -0.4 is 5.32 Å². The minimum Gasteiger partial charge on any atom is -0.348 e. The number of nitrogens with one attached hydrogen (secondary N) is 1. The van der Waals surface area contributed by atoms with E-state index in [1.165, 1.54) is 0 Å². The second-order valence-electron chi connectivity index (χ2n) is 7.81. The van der Waals surface area contributed by atoms with Gasteiger partial charge < -0.3 is 14.6 Å². The molecule has 1 saturated heterocycles. The van der Waals surface area contributed by atoms with Crippen molar-refractivity contribution in [3.8, 4) is 0 Å². The van der Waals surface area contributed by atoms with E-state index in [-0.39, 0.29) is 17.7 Å². The number of imidazole rings is 1. The summed E-state index contributed by atoms with van der Waals surface area (Å²) in [5.74, 6) is 0.128. The zero-order valence-corrected chi connectivity index (χ0v) is 17.1. The molecule has 8 nitrogen and oxygen atoms in total. The molecule has 1 aromatic carbocycles. The van der Waals surface area contributed by atoms with E-state index in [1.807, 2.05) is 53.2 Å². The van der Waals surface area contributed by atoms with Gasteiger partial charge in [-0.25, -0.2) is 4.98 Å². The number of amides is 2. The van der Waals surface area contributed by atoms with Gasteiger partial charge in [0.2, 0.25) is 0 Å². The molecule has 0 spiro atoms. The van der Waals surface area contributed by atoms with Crippen molar-refractivity contribution >= 4 is 17.5 Å². The number of nitrogens with zero attached hydrogens (tertiary/aromatic N) is 5. The van der Waals surface area contributed by atoms with Crippen LogP contribution in [0.2, 0.25) is 0 Å². The quantitative estimate of drug-likeness (QED) is 0.543. The van der Waals surface area contributed by atoms with Crippen LogP contribution in [0.3, 0.4) is 0 Å². The van der Waals surface area contributed by atoms with Crippen molar-refractivity contribution < 1.29 is 9.59 Å². The van der Waals surface area contributed by atoms with Gasteiger partial charge in [0.25, 0.3) is 11.8 Å². The van der Waals surface area contributed by atoms with E-state index in [0.29, 0.717) is 30.9 Å². The Morgan fingerprint density at radius 2 is 1.87 bits per heavy atom. The first-order valence-electron chi connectivity index (χ1n) is 10.2. The maximum atomic E-state index is 12.5. The zero-order chi connectivity index (χ0) is 21.4. The highest BCUT2D eigenvalue weighted by atomic mass is 16.2. The van der Waals surface area contributed by atoms with Crippen molar-refractivity contribution in [2.24, 2.45) is 7.05 Å². The molecule has 31 heavy (non-hydrogen) atoms. The number of likely N-dealkylation sites (tertiary alicyclic amines) is 1. The summed E-state index contributed by atoms with van der Waals surface area (Å²) in [6, 6.07) is 13.3. The maximum Gasteiger partial charge on any atom is 0.274 e. The van der Waals surface area contributed by atoms with Crippen molar-refractivity contribution in [3.63, 3.8) is 0 Å². The first kappa shape index (κ1) is 19.0. The molecule has 1 aliphatic heterocycles. The number of carbonyl (C=O) groups excluding carboxylic acids is 2. The van der Waals surface area contributed by atoms with Gasteiger partial charge >= 0.3 is 0 Å². The smallest absolute Gasteiger partial charge is 0.274 e. The number of aryl methyl sites for hydroxylation is 1. The average molecular weight is 414 g/mol. The second kappa shape index (κ2) is 7.71. The van der Waals surface area contributed by atoms with Gasteiger partial charge in [0, 0.05) is 63.0 Å². The molecule has 0 radical (unpaired) electrons. The molecule has 0 atom stereocenters. The SMILES string of the molecule is Cn1ccc(C(=O)N2CC(c3ccc(C(=O)NCc4ccn5ccnc5c4)cc3)C2)n1. The summed E-state index contributed by atoms with van der Waals surface area (Å²) in [6.07, 6.45) is 7.33. The lowest BCUT2D eigenvalue weighted by Gasteiger charge is -2.39. The Morgan fingerprint density at radius 3 is 2.61 bits per heavy atom. The summed E-state index contributed by atoms with van der Waals surface area (Å²) >= 11 is 0. The lowest BCUT2D eigenvalue weighted by atomic mass is 9.90. The van der Waals surface area contributed by atoms with Gasteiger partial charge in [-0.15, -0.1) is 0 Å². The number of fused-ring (bicyclic) bond motifs is 1. The third kappa shape index (κ3) is 3.79. The Balaban J connectivity index is 1.15. The molecule has 5 rings (SSSR count). The monoisotopic (exact) mass is 414 g/mol. The van der Waals surface area contributed by atoms with E-state index in [1.54, 1.807) is 35.1 Å². The third-order valence-electron chi connectivity index (χ3n) is 5.66. The molecule has 1 N–H and O–H groups in total. The van der Waals surface area contributed by atoms with Crippen molar-refractivity contribution in [3.05, 3.63) is 89.6 Å². The van der Waals surface area contributed by atoms with E-state index in [2.05, 4.69) is 15.4 Å². The third-order valence-corrected chi connectivity index (χ3v) is 5.66. The number of pyridine rings is 1. The standard InChI is InChI=1S/C23H22N6O2/c1-27-9-7-20(26-27)23(31)29-14-19(15-29)17-2-4-18(5-3-17)22(30)25-13-16-6-10-28-11-8-24-21(28)12-16/h2-12,19H,13-15H2,1H3,(H,25,30). The van der Waals surface area contributed by atoms with Crippen molar-refractivity contribution in [1.29, 1.82) is 0 Å². The number of aromatic nitrogens is 4. The predicted molar refractivity (Wildman–Crippen MR) is 115 cm³/mol. The molecule has 0 aliphatic carbocycles. The molecule has 4 heterocycles. The Morgan fingerprint density at radius 1 is 1.06 bits per heavy atom. The van der Waals surface area contributed by atoms with Crippen LogP contribution in [0.4, 0.5) is 0 Å². The van der Waals surface area contributed by atoms with Crippen molar-refractivity contribution in [2.75, 3.05) is 13.1 Å². The fourth-order valence-electron chi connectivity index (χ4n) is 3.80. The number of carbonyl (C=O) groups is 2. The van der Waals surface area contributed by atoms with Crippen LogP contribution in [-0.4, -0.2) is 49.0 Å². The molecule has 0 bridgehead atoms. The first-order valence-corrected chi connectivity index (χ1v) is 10.2. The summed E-state index contributed by atoms with van der Waals surface area (Å²) in [7, 11) is 1.80. The van der Waals surface area contributed by atoms with Crippen LogP contribution >= 0.6 is 0 Å². The molecule has 3 aromatic heterocycles. The molecule has 0 unspecified atom stereocenters. The Labute approximate surface area is 179 Å². The number of hydrogen-bond acceptors (Lipinski definition) is 4. The fourth-order valence-corrected chi connectivity index (χ4v) is 3.80. The van der Waals surface area contributed by atoms with Gasteiger partial charge in [-0.05, 0) is 41.5 Å². The average Bonchev–Trinajstić information content (AvgIpc) is 3.39. The molecule has 8 heteroatoms. The minimum absolute atomic E-state index is 0.0404. The van der Waals surface area contributed by atoms with Crippen LogP contribution in [0.1, 0.15) is 37.9 Å². The van der Waals surface area contributed by atoms with Crippen molar-refractivity contribution in [2.45, 2.75) is 12.5 Å². The largest absolute Gasteiger partial charge is 0.348 e. The maximum absolute atomic E-state index is 12.5. The van der Waals surface area contributed by atoms with Crippen LogP contribution in [0.25, 0.3) is 5.65 Å². The zero-order valence-electron chi connectivity index (χ0n) is 17.1. The lowest BCUT2D eigenvalue weighted by molar-refractivity contribution is 0.0595. The van der Waals surface area contributed by atoms with Crippen LogP contribution in [-0.2, 0) is 13.6 Å². The van der Waals surface area contributed by atoms with Gasteiger partial charge in [0.05, 0.1) is 0 Å². The summed E-state index contributed by atoms with van der Waals surface area (Å²) in [4.78, 5) is 31.0. The van der Waals surface area contributed by atoms with E-state index >= 15 is 0 Å². The topological polar surface area (TPSA) is 84.5 Å². The lowest BCUT2D eigenvalue weighted by Crippen LogP contribution is -2.48. The summed E-state index contributed by atoms with van der Waals surface area (Å²) in [5, 5.41) is 7.12. The molecule has 1 aliphatic rings. The molecule has 2 amide bonds. The van der Waals surface area contributed by atoms with Gasteiger partial charge in [-0.2, -0.15) is 5.10 Å². The highest BCUT2D eigenvalue weighted by Crippen LogP contribution is 2.28. The van der Waals surface area contributed by atoms with Gasteiger partial charge in [-0.1, -0.05) is 12.1 Å². The number of benzene rings is 1. The normalized spacial score (nSPS) is 13.9. The Bertz CT molecular complexity index is 1250. The van der Waals surface area contributed by atoms with E-state index in [9.17, 15) is 9.59 Å². The van der Waals surface area contributed by atoms with Crippen LogP contribution in [0.5, 0.6) is 0 Å². The highest BCUT2D eigenvalue weighted by Gasteiger charge is 2.33. The number of rotatable bonds is 5. The predicted octanol–water partition coefficient (Wildman–Crippen LogP) is 2.24. The minimum atomic E-state index is -0.115. The van der Waals surface area contributed by atoms with Gasteiger partial charge in [0.1, 0.15) is 11.3 Å². The summed E-state index contributed by atoms with van der Waals surface area (Å²) in [5.41, 5.74) is 4.07. The second-order valence-corrected chi connectivity index (χ2v) is 7.81. The molecular formula is C23H22N6O2. The van der Waals surface area contributed by atoms with Gasteiger partial charge in [-0.3, -0.25) is 14.3 Å². The van der Waals surface area contributed by atoms with E-state index < -0.39 is 0 Å². The summed E-state index contributed by atoms with van der Waals surface area (Å²) < 4.78 is 3.56. The van der Waals surface area contributed by atoms with Crippen molar-refractivity contribution in [1.82, 2.24) is 29.4 Å². The molecule has 0 saturated carbocycles. The first-order chi connectivity index (χ1) is 15.1. The van der Waals surface area contributed by atoms with Gasteiger partial charge in [0.15, 0.2) is 0 Å². The molecule has 4 aromatic rings. The Kier molecular flexibility index (Phi) is 4.74. The highest BCUT2D eigenvalue weighted by molar-refractivity contribution is 5.94. The van der Waals surface area contributed by atoms with Crippen LogP contribution in [0, 0.1) is 0 Å². The summed E-state index contributed by atoms with van der Waals surface area (Å²) in [6.45, 7) is 1.77. The van der Waals surface area contributed by atoms with Crippen LogP contribution in [0.15, 0.2) is 67.3 Å². The molecule has 1 fully saturated rings. The van der Waals surface area contributed by atoms with E-state index in [0.717, 1.165) is 16.8 Å². The van der Waals surface area contributed by atoms with E-state index in [4.69, 9.17) is 0 Å². The Hall–Kier alpha value is -3.94. The molecular weight excluding hydrogens is 392 g/mol. The number of hydrogen-bond donors (Lipinski definition) is 1. The molecule has 156 valence electrons. The fraction of sp³-hybridized carbons (Fsp3) is 0.217.